The molecule has 160 valence electrons. The molecule has 0 aliphatic heterocycles. The van der Waals surface area contributed by atoms with E-state index in [1.165, 1.54) is 30.2 Å². The number of benzene rings is 2. The molecule has 0 aliphatic rings. The molecule has 2 aromatic carbocycles. The van der Waals surface area contributed by atoms with E-state index >= 15 is 0 Å². The van der Waals surface area contributed by atoms with E-state index in [9.17, 15) is 18.2 Å². The van der Waals surface area contributed by atoms with Crippen LogP contribution in [0.1, 0.15) is 49.9 Å². The van der Waals surface area contributed by atoms with Crippen molar-refractivity contribution in [2.45, 2.75) is 50.3 Å². The molecule has 0 saturated heterocycles. The molecule has 0 aromatic heterocycles. The summed E-state index contributed by atoms with van der Waals surface area (Å²) in [7, 11) is -5.36. The first kappa shape index (κ1) is 24.5. The lowest BCUT2D eigenvalue weighted by Crippen LogP contribution is -2.24. The van der Waals surface area contributed by atoms with Gasteiger partial charge in [-0.25, -0.2) is 0 Å². The van der Waals surface area contributed by atoms with Gasteiger partial charge < -0.3 is 14.0 Å². The summed E-state index contributed by atoms with van der Waals surface area (Å²) < 4.78 is 44.8. The van der Waals surface area contributed by atoms with Gasteiger partial charge in [0.25, 0.3) is 0 Å². The highest BCUT2D eigenvalue weighted by Gasteiger charge is 2.46. The maximum absolute atomic E-state index is 14.4. The maximum Gasteiger partial charge on any atom is 0.335 e. The molecule has 1 atom stereocenters. The van der Waals surface area contributed by atoms with Gasteiger partial charge in [0.2, 0.25) is 7.60 Å². The molecule has 0 N–H and O–H groups in total. The lowest BCUT2D eigenvalue weighted by molar-refractivity contribution is -0.222. The van der Waals surface area contributed by atoms with E-state index in [0.717, 1.165) is 17.4 Å². The van der Waals surface area contributed by atoms with E-state index in [4.69, 9.17) is 0 Å². The monoisotopic (exact) mass is 505 g/mol. The molecule has 2 aromatic rings. The van der Waals surface area contributed by atoms with Gasteiger partial charge in [-0.15, -0.1) is 0 Å². The van der Waals surface area contributed by atoms with E-state index in [2.05, 4.69) is 65.5 Å². The Labute approximate surface area is 183 Å². The molecule has 0 heterocycles. The molecular weight excluding hydrogens is 481 g/mol. The van der Waals surface area contributed by atoms with Crippen molar-refractivity contribution in [2.24, 2.45) is 0 Å². The predicted molar refractivity (Wildman–Crippen MR) is 117 cm³/mol. The zero-order valence-electron chi connectivity index (χ0n) is 16.9. The third-order valence-electron chi connectivity index (χ3n) is 4.36. The van der Waals surface area contributed by atoms with Crippen LogP contribution in [0.5, 0.6) is 0 Å². The van der Waals surface area contributed by atoms with Crippen LogP contribution in [0.3, 0.4) is 0 Å². The molecule has 0 amide bonds. The van der Waals surface area contributed by atoms with Crippen molar-refractivity contribution < 1.29 is 22.8 Å². The quantitative estimate of drug-likeness (QED) is 0.369. The number of hydrogen-bond acceptors (Lipinski definition) is 4. The lowest BCUT2D eigenvalue weighted by atomic mass is 9.87. The summed E-state index contributed by atoms with van der Waals surface area (Å²) >= 11 is 4.74. The largest absolute Gasteiger partial charge is 0.774 e. The molecule has 8 heteroatoms. The summed E-state index contributed by atoms with van der Waals surface area (Å²) in [5, 5.41) is 0. The highest BCUT2D eigenvalue weighted by atomic mass is 79.9. The van der Waals surface area contributed by atoms with Gasteiger partial charge in [0.1, 0.15) is 0 Å². The summed E-state index contributed by atoms with van der Waals surface area (Å²) in [6, 6.07) is 12.7. The molecule has 0 spiro atoms. The highest BCUT2D eigenvalue weighted by Crippen LogP contribution is 2.61. The van der Waals surface area contributed by atoms with Crippen LogP contribution < -0.4 is 4.89 Å². The van der Waals surface area contributed by atoms with Crippen LogP contribution in [-0.2, 0) is 31.7 Å². The van der Waals surface area contributed by atoms with Crippen LogP contribution in [0.15, 0.2) is 46.9 Å². The van der Waals surface area contributed by atoms with E-state index in [1.54, 1.807) is 11.8 Å². The summed E-state index contributed by atoms with van der Waals surface area (Å²) in [4.78, 5) is 11.7. The van der Waals surface area contributed by atoms with Gasteiger partial charge >= 0.3 is 5.66 Å². The Kier molecular flexibility index (Phi) is 8.13. The van der Waals surface area contributed by atoms with Gasteiger partial charge in [0.15, 0.2) is 0 Å². The second-order valence-electron chi connectivity index (χ2n) is 7.71. The number of halogens is 3. The van der Waals surface area contributed by atoms with Gasteiger partial charge in [0.05, 0.1) is 6.61 Å². The standard InChI is InChI=1S/C21H26BrF2O3PS/c1-5-27-28(25,26)21(23,24)18-11-8-16(12-19(18)22)14-29-13-15-6-9-17(10-7-15)20(2,3)4/h6-12H,5,13-14H2,1-4H3,(H,25,26)/p-1. The van der Waals surface area contributed by atoms with Crippen molar-refractivity contribution in [1.29, 1.82) is 0 Å². The maximum atomic E-state index is 14.4. The first-order valence-corrected chi connectivity index (χ1v) is 12.7. The van der Waals surface area contributed by atoms with E-state index < -0.39 is 18.8 Å². The molecule has 0 aliphatic carbocycles. The normalized spacial score (nSPS) is 14.6. The minimum atomic E-state index is -5.36. The average molecular weight is 506 g/mol. The highest BCUT2D eigenvalue weighted by molar-refractivity contribution is 9.10. The van der Waals surface area contributed by atoms with Crippen LogP contribution in [0.2, 0.25) is 0 Å². The summed E-state index contributed by atoms with van der Waals surface area (Å²) in [6.07, 6.45) is 0. The van der Waals surface area contributed by atoms with Gasteiger partial charge in [-0.1, -0.05) is 73.1 Å². The van der Waals surface area contributed by atoms with E-state index in [-0.39, 0.29) is 16.5 Å². The minimum Gasteiger partial charge on any atom is -0.774 e. The molecule has 0 radical (unpaired) electrons. The van der Waals surface area contributed by atoms with Crippen LogP contribution in [0, 0.1) is 0 Å². The smallest absolute Gasteiger partial charge is 0.335 e. The number of thioether (sulfide) groups is 1. The lowest BCUT2D eigenvalue weighted by Gasteiger charge is -2.31. The minimum absolute atomic E-state index is 0.0471. The van der Waals surface area contributed by atoms with E-state index in [1.807, 2.05) is 0 Å². The van der Waals surface area contributed by atoms with Crippen molar-refractivity contribution >= 4 is 35.3 Å². The van der Waals surface area contributed by atoms with Gasteiger partial charge in [-0.3, -0.25) is 0 Å². The Morgan fingerprint density at radius 1 is 1.07 bits per heavy atom. The van der Waals surface area contributed by atoms with Crippen LogP contribution in [0.25, 0.3) is 0 Å². The van der Waals surface area contributed by atoms with Crippen molar-refractivity contribution in [2.75, 3.05) is 6.61 Å². The molecule has 0 fully saturated rings. The fraction of sp³-hybridized carbons (Fsp3) is 0.429. The molecule has 29 heavy (non-hydrogen) atoms. The van der Waals surface area contributed by atoms with Crippen molar-refractivity contribution in [3.63, 3.8) is 0 Å². The third-order valence-corrected chi connectivity index (χ3v) is 7.62. The second kappa shape index (κ2) is 9.61. The van der Waals surface area contributed by atoms with Gasteiger partial charge in [-0.05, 0) is 35.1 Å². The van der Waals surface area contributed by atoms with Crippen molar-refractivity contribution in [1.82, 2.24) is 0 Å². The summed E-state index contributed by atoms with van der Waals surface area (Å²) in [5.41, 5.74) is -1.32. The third kappa shape index (κ3) is 6.14. The zero-order chi connectivity index (χ0) is 21.9. The molecule has 1 unspecified atom stereocenters. The SMILES string of the molecule is CCOP(=O)([O-])C(F)(F)c1ccc(CSCc2ccc(C(C)(C)C)cc2)cc1Br. The van der Waals surface area contributed by atoms with Crippen LogP contribution in [-0.4, -0.2) is 6.61 Å². The van der Waals surface area contributed by atoms with Crippen LogP contribution in [0.4, 0.5) is 8.78 Å². The first-order chi connectivity index (χ1) is 13.4. The molecular formula is C21H25BrF2O3PS-. The van der Waals surface area contributed by atoms with Gasteiger partial charge in [-0.2, -0.15) is 20.5 Å². The molecule has 0 saturated carbocycles. The topological polar surface area (TPSA) is 49.4 Å². The Morgan fingerprint density at radius 2 is 1.62 bits per heavy atom. The summed E-state index contributed by atoms with van der Waals surface area (Å²) in [6.45, 7) is 7.53. The number of rotatable bonds is 8. The Balaban J connectivity index is 2.03. The molecule has 0 bridgehead atoms. The Bertz CT molecular complexity index is 882. The van der Waals surface area contributed by atoms with E-state index in [0.29, 0.717) is 5.75 Å². The fourth-order valence-electron chi connectivity index (χ4n) is 2.68. The zero-order valence-corrected chi connectivity index (χ0v) is 20.2. The number of hydrogen-bond donors (Lipinski definition) is 0. The van der Waals surface area contributed by atoms with Crippen LogP contribution >= 0.6 is 35.3 Å². The second-order valence-corrected chi connectivity index (χ2v) is 11.4. The fourth-order valence-corrected chi connectivity index (χ4v) is 5.44. The van der Waals surface area contributed by atoms with Crippen molar-refractivity contribution in [3.05, 3.63) is 69.2 Å². The number of alkyl halides is 2. The Morgan fingerprint density at radius 3 is 2.14 bits per heavy atom. The molecule has 3 nitrogen and oxygen atoms in total. The van der Waals surface area contributed by atoms with Gasteiger partial charge in [0, 0.05) is 21.5 Å². The Hall–Kier alpha value is -0.720. The summed E-state index contributed by atoms with van der Waals surface area (Å²) in [5.74, 6) is 1.41. The van der Waals surface area contributed by atoms with Crippen molar-refractivity contribution in [3.8, 4) is 0 Å². The average Bonchev–Trinajstić information content (AvgIpc) is 2.61. The first-order valence-electron chi connectivity index (χ1n) is 9.18. The predicted octanol–water partition coefficient (Wildman–Crippen LogP) is 6.82. The molecule has 2 rings (SSSR count).